The van der Waals surface area contributed by atoms with E-state index in [1.807, 2.05) is 180 Å². The van der Waals surface area contributed by atoms with Gasteiger partial charge in [-0.1, -0.05) is 91.0 Å². The lowest BCUT2D eigenvalue weighted by molar-refractivity contribution is 0.0674. The van der Waals surface area contributed by atoms with Crippen molar-refractivity contribution in [3.8, 4) is 0 Å². The Morgan fingerprint density at radius 3 is 0.621 bits per heavy atom. The maximum Gasteiger partial charge on any atom is 0.335 e. The number of rotatable bonds is 25. The van der Waals surface area contributed by atoms with Crippen LogP contribution in [0.3, 0.4) is 0 Å². The molecule has 0 bridgehead atoms. The van der Waals surface area contributed by atoms with Crippen LogP contribution >= 0.6 is 0 Å². The van der Waals surface area contributed by atoms with E-state index in [0.717, 1.165) is 27.8 Å². The molecule has 7 aromatic carbocycles. The fraction of sp³-hybridized carbons (Fsp3) is 0.329. The van der Waals surface area contributed by atoms with Gasteiger partial charge in [-0.15, -0.1) is 0 Å². The molecule has 0 heterocycles. The Hall–Kier alpha value is -9.17. The summed E-state index contributed by atoms with van der Waals surface area (Å²) in [5.74, 6) is -2.09. The summed E-state index contributed by atoms with van der Waals surface area (Å²) < 4.78 is 0. The summed E-state index contributed by atoms with van der Waals surface area (Å²) in [6.07, 6.45) is 0. The van der Waals surface area contributed by atoms with Gasteiger partial charge in [-0.3, -0.25) is 28.8 Å². The number of amides is 6. The molecule has 0 aromatic heterocycles. The summed E-state index contributed by atoms with van der Waals surface area (Å²) in [5.41, 5.74) is 7.77. The van der Waals surface area contributed by atoms with Crippen LogP contribution in [0.15, 0.2) is 176 Å². The summed E-state index contributed by atoms with van der Waals surface area (Å²) in [7, 11) is 0. The van der Waals surface area contributed by atoms with Crippen molar-refractivity contribution in [3.05, 3.63) is 248 Å². The normalized spacial score (nSPS) is 11.3. The van der Waals surface area contributed by atoms with E-state index in [2.05, 4.69) is 0 Å². The molecule has 0 aliphatic heterocycles. The Morgan fingerprint density at radius 1 is 0.253 bits per heavy atom. The van der Waals surface area contributed by atoms with Gasteiger partial charge >= 0.3 is 5.97 Å². The number of carboxylic acid groups (broad SMARTS) is 1. The molecule has 7 aromatic rings. The molecule has 0 spiro atoms. The largest absolute Gasteiger partial charge is 0.478 e. The number of hydrogen-bond donors (Lipinski definition) is 1. The fourth-order valence-electron chi connectivity index (χ4n) is 10.5. The Morgan fingerprint density at radius 2 is 0.425 bits per heavy atom. The molecule has 0 saturated carbocycles. The first-order valence-corrected chi connectivity index (χ1v) is 30.1. The highest BCUT2D eigenvalue weighted by Gasteiger charge is 2.28. The molecule has 0 radical (unpaired) electrons. The second-order valence-corrected chi connectivity index (χ2v) is 24.0. The smallest absolute Gasteiger partial charge is 0.335 e. The van der Waals surface area contributed by atoms with E-state index in [1.54, 1.807) is 102 Å². The van der Waals surface area contributed by atoms with Crippen molar-refractivity contribution in [3.63, 3.8) is 0 Å². The maximum atomic E-state index is 14.6. The standard InChI is InChI=1S/C73H84N6O8/c1-48(2)74(67(80)60-28-14-13-15-29-60)42-54-22-16-30-61(36-54)68(81)75(49(3)4)43-55-23-17-31-62(37-55)69(82)76(50(5)6)44-56-24-18-32-63(38-56)70(83)77(51(7)8)45-57-25-19-33-64(39-57)71(84)78(52(9)10)46-58-26-20-34-65(40-58)72(85)79(53(11)12)47-59-27-21-35-66(41-59)73(86)87/h13-41,48-53H,42-47H2,1-12H3,(H,86,87). The molecule has 454 valence electrons. The number of carbonyl (C=O) groups is 7. The second kappa shape index (κ2) is 29.8. The number of carboxylic acids is 1. The minimum absolute atomic E-state index is 0.0736. The maximum absolute atomic E-state index is 14.6. The monoisotopic (exact) mass is 1170 g/mol. The van der Waals surface area contributed by atoms with Crippen LogP contribution in [0.1, 0.15) is 189 Å². The molecule has 14 nitrogen and oxygen atoms in total. The van der Waals surface area contributed by atoms with E-state index in [1.165, 1.54) is 6.07 Å². The van der Waals surface area contributed by atoms with Crippen LogP contribution in [0.5, 0.6) is 0 Å². The molecule has 0 atom stereocenters. The zero-order valence-corrected chi connectivity index (χ0v) is 52.4. The van der Waals surface area contributed by atoms with Crippen LogP contribution in [0, 0.1) is 0 Å². The molecule has 0 saturated heterocycles. The SMILES string of the molecule is CC(C)N(Cc1cccc(C(=O)N(Cc2cccc(C(=O)N(Cc3cccc(C(=O)N(Cc4cccc(C(=O)N(Cc5cccc(C(=O)N(Cc6cccc(C(=O)O)c6)C(C)C)c5)C(C)C)c4)C(C)C)c3)C(C)C)c2)C(C)C)c1)C(=O)c1ccccc1. The average Bonchev–Trinajstić information content (AvgIpc) is 3.53. The van der Waals surface area contributed by atoms with Crippen LogP contribution in [0.4, 0.5) is 0 Å². The highest BCUT2D eigenvalue weighted by Crippen LogP contribution is 2.25. The zero-order valence-electron chi connectivity index (χ0n) is 52.4. The topological polar surface area (TPSA) is 159 Å². The summed E-state index contributed by atoms with van der Waals surface area (Å²) in [5, 5.41) is 9.54. The Labute approximate surface area is 514 Å². The molecular formula is C73H84N6O8. The van der Waals surface area contributed by atoms with E-state index in [0.29, 0.717) is 45.5 Å². The van der Waals surface area contributed by atoms with Crippen molar-refractivity contribution in [2.24, 2.45) is 0 Å². The van der Waals surface area contributed by atoms with Crippen molar-refractivity contribution in [1.29, 1.82) is 0 Å². The van der Waals surface area contributed by atoms with Gasteiger partial charge in [0.05, 0.1) is 5.56 Å². The third-order valence-corrected chi connectivity index (χ3v) is 15.5. The quantitative estimate of drug-likeness (QED) is 0.0592. The molecule has 1 N–H and O–H groups in total. The number of hydrogen-bond acceptors (Lipinski definition) is 7. The van der Waals surface area contributed by atoms with Crippen molar-refractivity contribution >= 4 is 41.4 Å². The molecule has 0 fully saturated rings. The molecule has 0 aliphatic rings. The van der Waals surface area contributed by atoms with Gasteiger partial charge in [-0.25, -0.2) is 4.79 Å². The van der Waals surface area contributed by atoms with Crippen LogP contribution in [0.25, 0.3) is 0 Å². The molecule has 87 heavy (non-hydrogen) atoms. The molecule has 6 amide bonds. The molecular weight excluding hydrogens is 1090 g/mol. The summed E-state index contributed by atoms with van der Waals surface area (Å²) in [6, 6.07) is 51.5. The predicted octanol–water partition coefficient (Wildman–Crippen LogP) is 13.7. The molecule has 0 unspecified atom stereocenters. The lowest BCUT2D eigenvalue weighted by Gasteiger charge is -2.30. The first-order chi connectivity index (χ1) is 41.4. The number of carbonyl (C=O) groups excluding carboxylic acids is 6. The van der Waals surface area contributed by atoms with Gasteiger partial charge in [0.1, 0.15) is 0 Å². The molecule has 0 aliphatic carbocycles. The van der Waals surface area contributed by atoms with Crippen molar-refractivity contribution in [2.75, 3.05) is 0 Å². The van der Waals surface area contributed by atoms with Gasteiger partial charge in [-0.05, 0) is 201 Å². The Kier molecular flexibility index (Phi) is 22.4. The molecule has 7 rings (SSSR count). The first kappa shape index (κ1) is 65.4. The van der Waals surface area contributed by atoms with Crippen LogP contribution in [-0.4, -0.2) is 112 Å². The Balaban J connectivity index is 1.01. The van der Waals surface area contributed by atoms with Gasteiger partial charge in [0.2, 0.25) is 0 Å². The summed E-state index contributed by atoms with van der Waals surface area (Å²) in [6.45, 7) is 25.0. The average molecular weight is 1170 g/mol. The van der Waals surface area contributed by atoms with Crippen molar-refractivity contribution in [1.82, 2.24) is 29.4 Å². The number of aromatic carboxylic acids is 1. The van der Waals surface area contributed by atoms with E-state index >= 15 is 0 Å². The van der Waals surface area contributed by atoms with Crippen LogP contribution < -0.4 is 0 Å². The van der Waals surface area contributed by atoms with Crippen LogP contribution in [0.2, 0.25) is 0 Å². The number of nitrogens with zero attached hydrogens (tertiary/aromatic N) is 6. The lowest BCUT2D eigenvalue weighted by Crippen LogP contribution is -2.38. The first-order valence-electron chi connectivity index (χ1n) is 30.1. The summed E-state index contributed by atoms with van der Waals surface area (Å²) >= 11 is 0. The minimum atomic E-state index is -1.04. The lowest BCUT2D eigenvalue weighted by atomic mass is 10.0. The predicted molar refractivity (Wildman–Crippen MR) is 342 cm³/mol. The van der Waals surface area contributed by atoms with Gasteiger partial charge in [0.15, 0.2) is 0 Å². The number of benzene rings is 7. The van der Waals surface area contributed by atoms with Crippen molar-refractivity contribution in [2.45, 2.75) is 159 Å². The van der Waals surface area contributed by atoms with E-state index < -0.39 is 5.97 Å². The van der Waals surface area contributed by atoms with E-state index in [9.17, 15) is 38.7 Å². The second-order valence-electron chi connectivity index (χ2n) is 24.0. The third-order valence-electron chi connectivity index (χ3n) is 15.5. The van der Waals surface area contributed by atoms with E-state index in [-0.39, 0.29) is 110 Å². The highest BCUT2D eigenvalue weighted by atomic mass is 16.4. The van der Waals surface area contributed by atoms with Gasteiger partial charge in [-0.2, -0.15) is 0 Å². The molecule has 14 heteroatoms. The summed E-state index contributed by atoms with van der Waals surface area (Å²) in [4.78, 5) is 108. The minimum Gasteiger partial charge on any atom is -0.478 e. The van der Waals surface area contributed by atoms with E-state index in [4.69, 9.17) is 0 Å². The van der Waals surface area contributed by atoms with Gasteiger partial charge in [0.25, 0.3) is 35.4 Å². The van der Waals surface area contributed by atoms with Gasteiger partial charge < -0.3 is 34.5 Å². The zero-order chi connectivity index (χ0) is 63.2. The Bertz CT molecular complexity index is 3570. The fourth-order valence-corrected chi connectivity index (χ4v) is 10.5. The highest BCUT2D eigenvalue weighted by molar-refractivity contribution is 5.98. The van der Waals surface area contributed by atoms with Crippen LogP contribution in [-0.2, 0) is 39.3 Å². The van der Waals surface area contributed by atoms with Crippen molar-refractivity contribution < 1.29 is 38.7 Å². The third kappa shape index (κ3) is 17.1. The van der Waals surface area contributed by atoms with Gasteiger partial charge in [0, 0.05) is 109 Å².